The molecule has 20 heavy (non-hydrogen) atoms. The average molecular weight is 337 g/mol. The molecule has 1 amide bonds. The van der Waals surface area contributed by atoms with Gasteiger partial charge in [-0.05, 0) is 18.6 Å². The van der Waals surface area contributed by atoms with Crippen molar-refractivity contribution in [2.24, 2.45) is 0 Å². The van der Waals surface area contributed by atoms with Crippen LogP contribution in [0.1, 0.15) is 25.7 Å². The molecule has 0 aliphatic rings. The smallest absolute Gasteiger partial charge is 0.220 e. The van der Waals surface area contributed by atoms with Gasteiger partial charge in [0.15, 0.2) is 11.7 Å². The molecule has 5 heteroatoms. The van der Waals surface area contributed by atoms with Gasteiger partial charge in [0.2, 0.25) is 5.91 Å². The van der Waals surface area contributed by atoms with E-state index < -0.39 is 0 Å². The normalized spacial score (nSPS) is 10.5. The van der Waals surface area contributed by atoms with Gasteiger partial charge in [-0.3, -0.25) is 4.79 Å². The summed E-state index contributed by atoms with van der Waals surface area (Å²) < 4.78 is 6.66. The highest BCUT2D eigenvalue weighted by Gasteiger charge is 2.08. The second-order valence-electron chi connectivity index (χ2n) is 4.48. The summed E-state index contributed by atoms with van der Waals surface area (Å²) in [5.41, 5.74) is 0.966. The molecule has 1 heterocycles. The van der Waals surface area contributed by atoms with E-state index in [9.17, 15) is 4.79 Å². The number of hydrogen-bond acceptors (Lipinski definition) is 3. The molecule has 1 aromatic heterocycles. The minimum atomic E-state index is 0.0362. The van der Waals surface area contributed by atoms with E-state index >= 15 is 0 Å². The molecule has 0 unspecified atom stereocenters. The lowest BCUT2D eigenvalue weighted by Gasteiger charge is -2.01. The Bertz CT molecular complexity index is 581. The van der Waals surface area contributed by atoms with Crippen LogP contribution in [0.25, 0.3) is 11.3 Å². The molecule has 4 nitrogen and oxygen atoms in total. The number of rotatable bonds is 6. The highest BCUT2D eigenvalue weighted by Crippen LogP contribution is 2.23. The van der Waals surface area contributed by atoms with E-state index in [2.05, 4.69) is 26.2 Å². The van der Waals surface area contributed by atoms with Crippen LogP contribution in [0.2, 0.25) is 0 Å². The monoisotopic (exact) mass is 336 g/mol. The molecule has 0 saturated heterocycles. The molecule has 2 rings (SSSR count). The van der Waals surface area contributed by atoms with Crippen molar-refractivity contribution in [2.75, 3.05) is 6.54 Å². The third-order valence-electron chi connectivity index (χ3n) is 2.80. The Kier molecular flexibility index (Phi) is 5.35. The van der Waals surface area contributed by atoms with Crippen LogP contribution in [0.3, 0.4) is 0 Å². The van der Waals surface area contributed by atoms with Gasteiger partial charge in [-0.1, -0.05) is 35.0 Å². The summed E-state index contributed by atoms with van der Waals surface area (Å²) >= 11 is 3.43. The number of benzene rings is 1. The number of nitrogens with one attached hydrogen (secondary N) is 1. The number of carbonyl (C=O) groups is 1. The molecule has 0 fully saturated rings. The summed E-state index contributed by atoms with van der Waals surface area (Å²) in [6.07, 6.45) is 3.56. The van der Waals surface area contributed by atoms with Gasteiger partial charge in [0.25, 0.3) is 0 Å². The summed E-state index contributed by atoms with van der Waals surface area (Å²) in [4.78, 5) is 15.7. The number of halogens is 1. The van der Waals surface area contributed by atoms with Crippen LogP contribution in [0.15, 0.2) is 39.4 Å². The lowest BCUT2D eigenvalue weighted by molar-refractivity contribution is -0.121. The maximum Gasteiger partial charge on any atom is 0.220 e. The molecule has 106 valence electrons. The lowest BCUT2D eigenvalue weighted by Crippen LogP contribution is -2.24. The molecule has 0 bridgehead atoms. The first-order chi connectivity index (χ1) is 9.69. The number of nitrogens with zero attached hydrogens (tertiary/aromatic N) is 1. The zero-order chi connectivity index (χ0) is 14.4. The Morgan fingerprint density at radius 3 is 3.05 bits per heavy atom. The number of aromatic nitrogens is 1. The van der Waals surface area contributed by atoms with Crippen LogP contribution < -0.4 is 5.32 Å². The summed E-state index contributed by atoms with van der Waals surface area (Å²) in [5, 5.41) is 2.83. The first kappa shape index (κ1) is 14.8. The molecule has 0 aliphatic heterocycles. The summed E-state index contributed by atoms with van der Waals surface area (Å²) in [6.45, 7) is 2.74. The minimum absolute atomic E-state index is 0.0362. The largest absolute Gasteiger partial charge is 0.441 e. The SMILES string of the molecule is CCCNC(=O)CCc1ncc(-c2cccc(Br)c2)o1. The fraction of sp³-hybridized carbons (Fsp3) is 0.333. The van der Waals surface area contributed by atoms with Crippen molar-refractivity contribution in [1.82, 2.24) is 10.3 Å². The van der Waals surface area contributed by atoms with E-state index in [0.29, 0.717) is 25.3 Å². The minimum Gasteiger partial charge on any atom is -0.441 e. The summed E-state index contributed by atoms with van der Waals surface area (Å²) in [7, 11) is 0. The van der Waals surface area contributed by atoms with E-state index in [-0.39, 0.29) is 5.91 Å². The first-order valence-electron chi connectivity index (χ1n) is 6.66. The molecule has 2 aromatic rings. The molecule has 0 atom stereocenters. The maximum atomic E-state index is 11.5. The molecule has 0 aliphatic carbocycles. The van der Waals surface area contributed by atoms with Gasteiger partial charge >= 0.3 is 0 Å². The zero-order valence-corrected chi connectivity index (χ0v) is 12.9. The molecular formula is C15H17BrN2O2. The summed E-state index contributed by atoms with van der Waals surface area (Å²) in [6, 6.07) is 7.83. The van der Waals surface area contributed by atoms with Gasteiger partial charge in [-0.15, -0.1) is 0 Å². The van der Waals surface area contributed by atoms with Crippen LogP contribution in [0.5, 0.6) is 0 Å². The number of oxazole rings is 1. The van der Waals surface area contributed by atoms with E-state index in [1.807, 2.05) is 31.2 Å². The highest BCUT2D eigenvalue weighted by molar-refractivity contribution is 9.10. The van der Waals surface area contributed by atoms with Gasteiger partial charge in [-0.2, -0.15) is 0 Å². The fourth-order valence-electron chi connectivity index (χ4n) is 1.77. The Balaban J connectivity index is 1.94. The molecule has 1 N–H and O–H groups in total. The second kappa shape index (κ2) is 7.24. The molecule has 0 spiro atoms. The Hall–Kier alpha value is -1.62. The van der Waals surface area contributed by atoms with Crippen molar-refractivity contribution in [3.8, 4) is 11.3 Å². The second-order valence-corrected chi connectivity index (χ2v) is 5.39. The Morgan fingerprint density at radius 2 is 2.30 bits per heavy atom. The number of hydrogen-bond donors (Lipinski definition) is 1. The van der Waals surface area contributed by atoms with E-state index in [1.54, 1.807) is 6.20 Å². The van der Waals surface area contributed by atoms with Crippen molar-refractivity contribution < 1.29 is 9.21 Å². The zero-order valence-electron chi connectivity index (χ0n) is 11.4. The van der Waals surface area contributed by atoms with Crippen molar-refractivity contribution in [3.63, 3.8) is 0 Å². The highest BCUT2D eigenvalue weighted by atomic mass is 79.9. The van der Waals surface area contributed by atoms with Crippen LogP contribution >= 0.6 is 15.9 Å². The average Bonchev–Trinajstić information content (AvgIpc) is 2.92. The molecule has 1 aromatic carbocycles. The van der Waals surface area contributed by atoms with Crippen LogP contribution in [0, 0.1) is 0 Å². The quantitative estimate of drug-likeness (QED) is 0.877. The van der Waals surface area contributed by atoms with Gasteiger partial charge in [0.05, 0.1) is 6.20 Å². The van der Waals surface area contributed by atoms with Crippen LogP contribution in [0.4, 0.5) is 0 Å². The van der Waals surface area contributed by atoms with Gasteiger partial charge in [0.1, 0.15) is 0 Å². The van der Waals surface area contributed by atoms with E-state index in [4.69, 9.17) is 4.42 Å². The molecule has 0 saturated carbocycles. The molecular weight excluding hydrogens is 320 g/mol. The number of aryl methyl sites for hydroxylation is 1. The van der Waals surface area contributed by atoms with Crippen LogP contribution in [-0.4, -0.2) is 17.4 Å². The maximum absolute atomic E-state index is 11.5. The molecule has 0 radical (unpaired) electrons. The van der Waals surface area contributed by atoms with Crippen molar-refractivity contribution in [2.45, 2.75) is 26.2 Å². The van der Waals surface area contributed by atoms with E-state index in [1.165, 1.54) is 0 Å². The standard InChI is InChI=1S/C15H17BrN2O2/c1-2-8-17-14(19)6-7-15-18-10-13(20-15)11-4-3-5-12(16)9-11/h3-5,9-10H,2,6-8H2,1H3,(H,17,19). The number of amides is 1. The van der Waals surface area contributed by atoms with Gasteiger partial charge < -0.3 is 9.73 Å². The van der Waals surface area contributed by atoms with Crippen molar-refractivity contribution in [1.29, 1.82) is 0 Å². The van der Waals surface area contributed by atoms with Crippen molar-refractivity contribution >= 4 is 21.8 Å². The predicted octanol–water partition coefficient (Wildman–Crippen LogP) is 3.56. The van der Waals surface area contributed by atoms with Crippen molar-refractivity contribution in [3.05, 3.63) is 40.8 Å². The third kappa shape index (κ3) is 4.20. The summed E-state index contributed by atoms with van der Waals surface area (Å²) in [5.74, 6) is 1.34. The van der Waals surface area contributed by atoms with Gasteiger partial charge in [0, 0.05) is 29.4 Å². The van der Waals surface area contributed by atoms with Crippen LogP contribution in [-0.2, 0) is 11.2 Å². The predicted molar refractivity (Wildman–Crippen MR) is 81.3 cm³/mol. The third-order valence-corrected chi connectivity index (χ3v) is 3.29. The number of carbonyl (C=O) groups excluding carboxylic acids is 1. The topological polar surface area (TPSA) is 55.1 Å². The Labute approximate surface area is 126 Å². The van der Waals surface area contributed by atoms with E-state index in [0.717, 1.165) is 22.2 Å². The van der Waals surface area contributed by atoms with Gasteiger partial charge in [-0.25, -0.2) is 4.98 Å². The lowest BCUT2D eigenvalue weighted by atomic mass is 10.2. The fourth-order valence-corrected chi connectivity index (χ4v) is 2.17. The Morgan fingerprint density at radius 1 is 1.45 bits per heavy atom. The first-order valence-corrected chi connectivity index (χ1v) is 7.45.